The smallest absolute Gasteiger partial charge is 0.243 e. The quantitative estimate of drug-likeness (QED) is 0.186. The summed E-state index contributed by atoms with van der Waals surface area (Å²) in [5, 5.41) is 39.0. The van der Waals surface area contributed by atoms with Gasteiger partial charge < -0.3 is 48.5 Å². The third-order valence-corrected chi connectivity index (χ3v) is 6.98. The summed E-state index contributed by atoms with van der Waals surface area (Å²) in [4.78, 5) is 39.8. The number of carbonyl (C=O) groups excluding carboxylic acids is 3. The maximum Gasteiger partial charge on any atom is 0.243 e. The molecule has 1 aliphatic rings. The normalized spacial score (nSPS) is 20.4. The van der Waals surface area contributed by atoms with Gasteiger partial charge in [0.05, 0.1) is 18.7 Å². The van der Waals surface area contributed by atoms with Gasteiger partial charge in [-0.25, -0.2) is 0 Å². The molecule has 1 heterocycles. The number of aliphatic hydroxyl groups excluding tert-OH is 1. The molecule has 0 radical (unpaired) electrons. The summed E-state index contributed by atoms with van der Waals surface area (Å²) >= 11 is 0. The second kappa shape index (κ2) is 14.6. The monoisotopic (exact) mass is 556 g/mol. The highest BCUT2D eigenvalue weighted by Gasteiger charge is 2.30. The van der Waals surface area contributed by atoms with Gasteiger partial charge in [-0.2, -0.15) is 0 Å². The second-order valence-electron chi connectivity index (χ2n) is 10.1. The summed E-state index contributed by atoms with van der Waals surface area (Å²) in [6, 6.07) is 5.95. The Hall–Kier alpha value is -3.71. The van der Waals surface area contributed by atoms with Crippen LogP contribution in [0.1, 0.15) is 36.8 Å². The summed E-state index contributed by atoms with van der Waals surface area (Å²) in [5.41, 5.74) is 19.6. The van der Waals surface area contributed by atoms with Crippen molar-refractivity contribution >= 4 is 17.7 Å². The van der Waals surface area contributed by atoms with Crippen LogP contribution in [0.15, 0.2) is 36.4 Å². The Bertz CT molecular complexity index is 1190. The number of benzene rings is 2. The molecule has 0 saturated heterocycles. The minimum absolute atomic E-state index is 0.0120. The molecular formula is C28H40N6O6. The molecule has 4 atom stereocenters. The lowest BCUT2D eigenvalue weighted by molar-refractivity contribution is -0.132. The minimum Gasteiger partial charge on any atom is -0.508 e. The first-order valence-corrected chi connectivity index (χ1v) is 13.5. The van der Waals surface area contributed by atoms with E-state index in [1.54, 1.807) is 24.3 Å². The van der Waals surface area contributed by atoms with Crippen molar-refractivity contribution in [3.63, 3.8) is 0 Å². The average Bonchev–Trinajstić information content (AvgIpc) is 2.94. The Morgan fingerprint density at radius 1 is 0.925 bits per heavy atom. The Balaban J connectivity index is 2.05. The lowest BCUT2D eigenvalue weighted by Crippen LogP contribution is -2.57. The summed E-state index contributed by atoms with van der Waals surface area (Å²) < 4.78 is 0. The Kier molecular flexibility index (Phi) is 11.3. The van der Waals surface area contributed by atoms with Crippen molar-refractivity contribution in [3.8, 4) is 22.6 Å². The first-order chi connectivity index (χ1) is 19.2. The predicted octanol–water partition coefficient (Wildman–Crippen LogP) is -0.885. The van der Waals surface area contributed by atoms with Crippen LogP contribution >= 0.6 is 0 Å². The largest absolute Gasteiger partial charge is 0.508 e. The Morgan fingerprint density at radius 2 is 1.52 bits per heavy atom. The van der Waals surface area contributed by atoms with Crippen molar-refractivity contribution in [2.45, 2.75) is 62.7 Å². The molecule has 40 heavy (non-hydrogen) atoms. The van der Waals surface area contributed by atoms with Gasteiger partial charge >= 0.3 is 0 Å². The topological polar surface area (TPSA) is 226 Å². The van der Waals surface area contributed by atoms with E-state index in [1.165, 1.54) is 12.1 Å². The van der Waals surface area contributed by atoms with Crippen molar-refractivity contribution in [2.75, 3.05) is 19.7 Å². The molecule has 0 aliphatic carbocycles. The van der Waals surface area contributed by atoms with Crippen LogP contribution in [0.3, 0.4) is 0 Å². The van der Waals surface area contributed by atoms with Gasteiger partial charge in [0.25, 0.3) is 0 Å². The highest BCUT2D eigenvalue weighted by Crippen LogP contribution is 2.31. The van der Waals surface area contributed by atoms with Crippen LogP contribution < -0.4 is 33.2 Å². The zero-order valence-electron chi connectivity index (χ0n) is 22.4. The van der Waals surface area contributed by atoms with Crippen LogP contribution in [0.5, 0.6) is 11.5 Å². The highest BCUT2D eigenvalue weighted by atomic mass is 16.3. The van der Waals surface area contributed by atoms with Crippen molar-refractivity contribution in [3.05, 3.63) is 47.5 Å². The number of phenols is 2. The van der Waals surface area contributed by atoms with Crippen LogP contribution in [-0.4, -0.2) is 76.9 Å². The lowest BCUT2D eigenvalue weighted by Gasteiger charge is -2.26. The van der Waals surface area contributed by atoms with E-state index in [1.807, 2.05) is 0 Å². The van der Waals surface area contributed by atoms with E-state index < -0.39 is 41.9 Å². The molecule has 0 aromatic heterocycles. The number of aromatic hydroxyl groups is 2. The molecule has 12 heteroatoms. The zero-order valence-corrected chi connectivity index (χ0v) is 22.4. The van der Waals surface area contributed by atoms with Crippen LogP contribution in [0.2, 0.25) is 0 Å². The van der Waals surface area contributed by atoms with Crippen molar-refractivity contribution in [2.24, 2.45) is 17.2 Å². The lowest BCUT2D eigenvalue weighted by atomic mass is 9.95. The summed E-state index contributed by atoms with van der Waals surface area (Å²) in [5.74, 6) is -1.89. The van der Waals surface area contributed by atoms with Gasteiger partial charge in [-0.05, 0) is 85.3 Å². The fourth-order valence-electron chi connectivity index (χ4n) is 4.63. The average molecular weight is 557 g/mol. The molecule has 2 aromatic carbocycles. The minimum atomic E-state index is -1.15. The molecule has 4 bridgehead atoms. The molecule has 0 spiro atoms. The van der Waals surface area contributed by atoms with Crippen molar-refractivity contribution < 1.29 is 29.7 Å². The first kappa shape index (κ1) is 30.8. The molecule has 2 aromatic rings. The van der Waals surface area contributed by atoms with E-state index in [0.717, 1.165) is 0 Å². The van der Waals surface area contributed by atoms with Gasteiger partial charge in [0.2, 0.25) is 17.7 Å². The molecule has 1 aliphatic heterocycles. The maximum atomic E-state index is 13.4. The van der Waals surface area contributed by atoms with E-state index in [0.29, 0.717) is 48.1 Å². The molecule has 0 unspecified atom stereocenters. The molecule has 12 nitrogen and oxygen atoms in total. The van der Waals surface area contributed by atoms with Gasteiger partial charge in [0.1, 0.15) is 23.6 Å². The summed E-state index contributed by atoms with van der Waals surface area (Å²) in [6.45, 7) is 0.344. The van der Waals surface area contributed by atoms with E-state index in [9.17, 15) is 29.7 Å². The Morgan fingerprint density at radius 3 is 2.10 bits per heavy atom. The third kappa shape index (κ3) is 8.15. The molecule has 0 saturated carbocycles. The molecule has 3 amide bonds. The highest BCUT2D eigenvalue weighted by molar-refractivity contribution is 5.93. The van der Waals surface area contributed by atoms with Crippen molar-refractivity contribution in [1.82, 2.24) is 16.0 Å². The Labute approximate surface area is 233 Å². The molecule has 218 valence electrons. The van der Waals surface area contributed by atoms with Gasteiger partial charge in [-0.15, -0.1) is 0 Å². The van der Waals surface area contributed by atoms with Gasteiger partial charge in [0.15, 0.2) is 0 Å². The standard InChI is InChI=1S/C28H40N6O6/c29-9-1-3-20(15-35)32-28(40)23-14-19-12-17(6-8-25(19)37)16-5-7-24(36)18(11-16)13-21(31)26(38)33-22(4-2-10-30)27(39)34-23/h5-8,11-12,20-23,35-37H,1-4,9-10,13-15,29-31H2,(H,32,40)(H,33,38)(H,34,39)/t20-,21-,22+,23+/m0/s1. The summed E-state index contributed by atoms with van der Waals surface area (Å²) in [6.07, 6.45) is 1.57. The van der Waals surface area contributed by atoms with Crippen LogP contribution in [0, 0.1) is 0 Å². The number of phenolic OH excluding ortho intramolecular Hbond substituents is 2. The first-order valence-electron chi connectivity index (χ1n) is 13.5. The number of carbonyl (C=O) groups is 3. The zero-order chi connectivity index (χ0) is 29.2. The number of rotatable bonds is 9. The van der Waals surface area contributed by atoms with Gasteiger partial charge in [-0.3, -0.25) is 14.4 Å². The number of fused-ring (bicyclic) bond motifs is 5. The van der Waals surface area contributed by atoms with E-state index in [2.05, 4.69) is 16.0 Å². The fourth-order valence-corrected chi connectivity index (χ4v) is 4.63. The summed E-state index contributed by atoms with van der Waals surface area (Å²) in [7, 11) is 0. The number of nitrogens with one attached hydrogen (secondary N) is 3. The van der Waals surface area contributed by atoms with Crippen LogP contribution in [0.25, 0.3) is 11.1 Å². The third-order valence-electron chi connectivity index (χ3n) is 6.98. The maximum absolute atomic E-state index is 13.4. The molecule has 0 fully saturated rings. The van der Waals surface area contributed by atoms with E-state index >= 15 is 0 Å². The number of hydrogen-bond donors (Lipinski definition) is 9. The molecule has 3 rings (SSSR count). The van der Waals surface area contributed by atoms with Crippen LogP contribution in [0.4, 0.5) is 0 Å². The fraction of sp³-hybridized carbons (Fsp3) is 0.464. The van der Waals surface area contributed by atoms with E-state index in [-0.39, 0.29) is 43.9 Å². The number of nitrogens with two attached hydrogens (primary N) is 3. The molecule has 12 N–H and O–H groups in total. The predicted molar refractivity (Wildman–Crippen MR) is 150 cm³/mol. The molecular weight excluding hydrogens is 516 g/mol. The number of amides is 3. The van der Waals surface area contributed by atoms with Gasteiger partial charge in [-0.1, -0.05) is 12.1 Å². The number of hydrogen-bond acceptors (Lipinski definition) is 9. The van der Waals surface area contributed by atoms with Crippen LogP contribution in [-0.2, 0) is 27.2 Å². The van der Waals surface area contributed by atoms with Gasteiger partial charge in [0, 0.05) is 12.8 Å². The number of aliphatic hydroxyl groups is 1. The SMILES string of the molecule is NCCC[C@@H](CO)NC(=O)[C@H]1Cc2cc(ccc2O)-c2ccc(O)c(c2)C[C@H](N)C(=O)N[C@H](CCCN)C(=O)N1. The van der Waals surface area contributed by atoms with E-state index in [4.69, 9.17) is 17.2 Å². The van der Waals surface area contributed by atoms with Crippen molar-refractivity contribution in [1.29, 1.82) is 0 Å². The second-order valence-corrected chi connectivity index (χ2v) is 10.1.